The normalized spacial score (nSPS) is 18.5. The van der Waals surface area contributed by atoms with Crippen LogP contribution in [-0.4, -0.2) is 99.6 Å². The van der Waals surface area contributed by atoms with Gasteiger partial charge in [-0.25, -0.2) is 0 Å². The van der Waals surface area contributed by atoms with Crippen LogP contribution in [0.3, 0.4) is 0 Å². The van der Waals surface area contributed by atoms with Crippen molar-refractivity contribution in [2.45, 2.75) is 384 Å². The Morgan fingerprint density at radius 3 is 1.20 bits per heavy atom. The van der Waals surface area contributed by atoms with E-state index in [1.807, 2.05) is 6.08 Å². The molecule has 11 nitrogen and oxygen atoms in total. The van der Waals surface area contributed by atoms with Gasteiger partial charge in [0.1, 0.15) is 24.4 Å². The summed E-state index contributed by atoms with van der Waals surface area (Å²) in [4.78, 5) is 26.7. The molecule has 11 heteroatoms. The van der Waals surface area contributed by atoms with Gasteiger partial charge in [0.15, 0.2) is 12.4 Å². The second-order valence-corrected chi connectivity index (χ2v) is 26.0. The summed E-state index contributed by atoms with van der Waals surface area (Å²) in [5.41, 5.74) is 0. The molecule has 1 heterocycles. The summed E-state index contributed by atoms with van der Waals surface area (Å²) in [5.74, 6) is -1.20. The van der Waals surface area contributed by atoms with E-state index in [2.05, 4.69) is 111 Å². The van der Waals surface area contributed by atoms with Crippen molar-refractivity contribution < 1.29 is 49.3 Å². The summed E-state index contributed by atoms with van der Waals surface area (Å²) < 4.78 is 17.7. The number of aliphatic hydroxyl groups is 5. The van der Waals surface area contributed by atoms with Gasteiger partial charge in [0.25, 0.3) is 0 Å². The molecule has 526 valence electrons. The number of hydrogen-bond donors (Lipinski definition) is 6. The average molecular weight is 1280 g/mol. The van der Waals surface area contributed by atoms with Crippen LogP contribution in [0.5, 0.6) is 0 Å². The van der Waals surface area contributed by atoms with Gasteiger partial charge in [-0.2, -0.15) is 0 Å². The Kier molecular flexibility index (Phi) is 62.6. The number of esters is 1. The molecule has 1 aliphatic heterocycles. The van der Waals surface area contributed by atoms with Crippen molar-refractivity contribution in [2.24, 2.45) is 0 Å². The molecular formula is C80H141NO10. The van der Waals surface area contributed by atoms with Gasteiger partial charge in [0.2, 0.25) is 5.91 Å². The van der Waals surface area contributed by atoms with Crippen LogP contribution in [0.1, 0.15) is 335 Å². The lowest BCUT2D eigenvalue weighted by atomic mass is 9.99. The molecule has 1 saturated heterocycles. The van der Waals surface area contributed by atoms with Gasteiger partial charge in [0, 0.05) is 6.42 Å². The molecule has 1 rings (SSSR count). The van der Waals surface area contributed by atoms with Crippen molar-refractivity contribution in [3.05, 3.63) is 97.2 Å². The van der Waals surface area contributed by atoms with E-state index in [-0.39, 0.29) is 19.4 Å². The first-order valence-electron chi connectivity index (χ1n) is 38.0. The number of allylic oxidation sites excluding steroid dienone is 15. The Bertz CT molecular complexity index is 1860. The molecule has 6 N–H and O–H groups in total. The highest BCUT2D eigenvalue weighted by Crippen LogP contribution is 2.26. The van der Waals surface area contributed by atoms with Crippen LogP contribution in [-0.2, 0) is 23.8 Å². The molecule has 0 aromatic heterocycles. The molecule has 8 unspecified atom stereocenters. The van der Waals surface area contributed by atoms with Crippen LogP contribution in [0.2, 0.25) is 0 Å². The first-order chi connectivity index (χ1) is 44.7. The molecule has 0 radical (unpaired) electrons. The monoisotopic (exact) mass is 1280 g/mol. The van der Waals surface area contributed by atoms with Crippen molar-refractivity contribution >= 4 is 11.9 Å². The van der Waals surface area contributed by atoms with Crippen molar-refractivity contribution in [2.75, 3.05) is 13.2 Å². The largest absolute Gasteiger partial charge is 0.454 e. The van der Waals surface area contributed by atoms with Crippen LogP contribution in [0.4, 0.5) is 0 Å². The lowest BCUT2D eigenvalue weighted by Crippen LogP contribution is -2.61. The number of hydrogen-bond acceptors (Lipinski definition) is 10. The maximum atomic E-state index is 13.5. The molecule has 0 aromatic carbocycles. The zero-order valence-corrected chi connectivity index (χ0v) is 58.7. The zero-order chi connectivity index (χ0) is 66.0. The van der Waals surface area contributed by atoms with Crippen LogP contribution in [0.25, 0.3) is 0 Å². The molecule has 1 amide bonds. The maximum Gasteiger partial charge on any atom is 0.306 e. The van der Waals surface area contributed by atoms with Crippen molar-refractivity contribution in [1.29, 1.82) is 0 Å². The molecule has 91 heavy (non-hydrogen) atoms. The van der Waals surface area contributed by atoms with Crippen LogP contribution >= 0.6 is 0 Å². The quantitative estimate of drug-likeness (QED) is 0.0195. The Labute approximate surface area is 558 Å². The van der Waals surface area contributed by atoms with Gasteiger partial charge in [-0.1, -0.05) is 323 Å². The Morgan fingerprint density at radius 1 is 0.440 bits per heavy atom. The summed E-state index contributed by atoms with van der Waals surface area (Å²) in [6, 6.07) is -1.04. The summed E-state index contributed by atoms with van der Waals surface area (Å²) in [5, 5.41) is 57.3. The highest BCUT2D eigenvalue weighted by Gasteiger charge is 2.47. The summed E-state index contributed by atoms with van der Waals surface area (Å²) >= 11 is 0. The van der Waals surface area contributed by atoms with E-state index in [9.17, 15) is 35.1 Å². The van der Waals surface area contributed by atoms with E-state index in [1.165, 1.54) is 180 Å². The van der Waals surface area contributed by atoms with Crippen molar-refractivity contribution in [1.82, 2.24) is 5.32 Å². The minimum Gasteiger partial charge on any atom is -0.454 e. The predicted molar refractivity (Wildman–Crippen MR) is 384 cm³/mol. The molecule has 8 atom stereocenters. The molecular weight excluding hydrogens is 1130 g/mol. The average Bonchev–Trinajstić information content (AvgIpc) is 0.943. The van der Waals surface area contributed by atoms with Crippen molar-refractivity contribution in [3.63, 3.8) is 0 Å². The number of carbonyl (C=O) groups is 2. The summed E-state index contributed by atoms with van der Waals surface area (Å²) in [6.07, 6.45) is 80.3. The molecule has 0 aromatic rings. The predicted octanol–water partition coefficient (Wildman–Crippen LogP) is 20.2. The number of ether oxygens (including phenoxy) is 3. The number of amides is 1. The topological polar surface area (TPSA) is 175 Å². The first-order valence-corrected chi connectivity index (χ1v) is 38.0. The lowest BCUT2D eigenvalue weighted by Gasteiger charge is -2.41. The molecule has 0 spiro atoms. The van der Waals surface area contributed by atoms with Gasteiger partial charge in [-0.15, -0.1) is 0 Å². The molecule has 0 saturated carbocycles. The minimum atomic E-state index is -1.62. The van der Waals surface area contributed by atoms with Crippen LogP contribution < -0.4 is 5.32 Å². The number of aliphatic hydroxyl groups excluding tert-OH is 5. The smallest absolute Gasteiger partial charge is 0.306 e. The molecule has 1 aliphatic rings. The van der Waals surface area contributed by atoms with Gasteiger partial charge in [-0.05, 0) is 103 Å². The lowest BCUT2D eigenvalue weighted by molar-refractivity contribution is -0.305. The SMILES string of the molecule is CC/C=C\C/C=C\C/C=C\C/C=C\C/C=C\C/C=C\CCCCCCCC(O)C(=O)NC(COC1OC(CO)C(O)C(O)C1OC(=O)CCCCCCCCCCCCCCCCCCC/C=C/CCCCCCCC)C(O)/C=C/CCCCCCCCCCC. The minimum absolute atomic E-state index is 0.121. The highest BCUT2D eigenvalue weighted by atomic mass is 16.7. The fraction of sp³-hybridized carbons (Fsp3) is 0.775. The van der Waals surface area contributed by atoms with Gasteiger partial charge >= 0.3 is 5.97 Å². The molecule has 1 fully saturated rings. The fourth-order valence-electron chi connectivity index (χ4n) is 11.5. The summed E-state index contributed by atoms with van der Waals surface area (Å²) in [6.45, 7) is 5.69. The maximum absolute atomic E-state index is 13.5. The number of nitrogens with one attached hydrogen (secondary N) is 1. The van der Waals surface area contributed by atoms with E-state index in [0.29, 0.717) is 12.8 Å². The second-order valence-electron chi connectivity index (χ2n) is 26.0. The van der Waals surface area contributed by atoms with Crippen LogP contribution in [0, 0.1) is 0 Å². The van der Waals surface area contributed by atoms with Gasteiger partial charge < -0.3 is 45.1 Å². The zero-order valence-electron chi connectivity index (χ0n) is 58.7. The number of carbonyl (C=O) groups excluding carboxylic acids is 2. The Hall–Kier alpha value is -3.42. The fourth-order valence-corrected chi connectivity index (χ4v) is 11.5. The third-order valence-electron chi connectivity index (χ3n) is 17.5. The van der Waals surface area contributed by atoms with Gasteiger partial charge in [-0.3, -0.25) is 9.59 Å². The van der Waals surface area contributed by atoms with Crippen LogP contribution in [0.15, 0.2) is 97.2 Å². The second kappa shape index (κ2) is 66.6. The molecule has 0 bridgehead atoms. The van der Waals surface area contributed by atoms with Gasteiger partial charge in [0.05, 0.1) is 25.4 Å². The standard InChI is InChI=1S/C80H141NO10/c1-4-7-10-13-16-19-22-24-26-28-30-32-34-36-37-38-40-42-44-46-48-50-53-56-59-62-65-68-75(85)91-78-77(87)76(86)74(69-82)90-80(78)89-70-71(72(83)66-63-60-57-54-51-21-18-15-12-9-6-3)81-79(88)73(84)67-64-61-58-55-52-49-47-45-43-41-39-35-33-31-29-27-25-23-20-17-14-11-8-5-2/h8,11,17,20,24-27,31,33,39,41,45,47,63,66,71-74,76-78,80,82-84,86-87H,4-7,9-10,12-16,18-19,21-23,28-30,32,34-38,40,42-44,46,48-62,64-65,67-70H2,1-3H3,(H,81,88)/b11-8-,20-17-,26-24+,27-25-,33-31-,41-39-,47-45-,66-63+. The van der Waals surface area contributed by atoms with E-state index < -0.39 is 67.4 Å². The highest BCUT2D eigenvalue weighted by molar-refractivity contribution is 5.80. The van der Waals surface area contributed by atoms with E-state index in [0.717, 1.165) is 109 Å². The number of rotatable bonds is 65. The summed E-state index contributed by atoms with van der Waals surface area (Å²) in [7, 11) is 0. The first kappa shape index (κ1) is 85.6. The molecule has 0 aliphatic carbocycles. The Balaban J connectivity index is 2.52. The third kappa shape index (κ3) is 53.5. The van der Waals surface area contributed by atoms with E-state index in [1.54, 1.807) is 6.08 Å². The Morgan fingerprint density at radius 2 is 0.791 bits per heavy atom. The number of unbranched alkanes of at least 4 members (excludes halogenated alkanes) is 37. The van der Waals surface area contributed by atoms with E-state index in [4.69, 9.17) is 14.2 Å². The van der Waals surface area contributed by atoms with Crippen molar-refractivity contribution in [3.8, 4) is 0 Å². The third-order valence-corrected chi connectivity index (χ3v) is 17.5. The van der Waals surface area contributed by atoms with E-state index >= 15 is 0 Å².